The first-order valence-corrected chi connectivity index (χ1v) is 6.62. The highest BCUT2D eigenvalue weighted by molar-refractivity contribution is 9.10. The van der Waals surface area contributed by atoms with Crippen LogP contribution in [0.1, 0.15) is 42.0 Å². The molecule has 1 saturated heterocycles. The standard InChI is InChI=1S/C13H18BrNO/c1-8-7-11(16)12(9(2)13(8)14)10-5-3-4-6-15-10/h7,10,15-16H,3-6H2,1-2H3/t10-/m0/s1. The molecule has 2 N–H and O–H groups in total. The molecule has 0 aromatic heterocycles. The molecule has 88 valence electrons. The number of benzene rings is 1. The van der Waals surface area contributed by atoms with E-state index in [1.165, 1.54) is 12.8 Å². The molecule has 0 bridgehead atoms. The van der Waals surface area contributed by atoms with Crippen LogP contribution in [0, 0.1) is 13.8 Å². The lowest BCUT2D eigenvalue weighted by molar-refractivity contribution is 0.389. The molecule has 1 aliphatic rings. The van der Waals surface area contributed by atoms with Crippen molar-refractivity contribution in [1.29, 1.82) is 0 Å². The Morgan fingerprint density at radius 1 is 1.38 bits per heavy atom. The Hall–Kier alpha value is -0.540. The Morgan fingerprint density at radius 3 is 2.75 bits per heavy atom. The lowest BCUT2D eigenvalue weighted by Crippen LogP contribution is -2.27. The minimum Gasteiger partial charge on any atom is -0.508 e. The molecule has 0 amide bonds. The van der Waals surface area contributed by atoms with Crippen LogP contribution in [0.5, 0.6) is 5.75 Å². The highest BCUT2D eigenvalue weighted by Crippen LogP contribution is 2.37. The van der Waals surface area contributed by atoms with Gasteiger partial charge in [-0.15, -0.1) is 0 Å². The summed E-state index contributed by atoms with van der Waals surface area (Å²) >= 11 is 3.59. The van der Waals surface area contributed by atoms with Gasteiger partial charge in [-0.2, -0.15) is 0 Å². The normalized spacial score (nSPS) is 21.1. The first-order chi connectivity index (χ1) is 7.61. The lowest BCUT2D eigenvalue weighted by Gasteiger charge is -2.26. The van der Waals surface area contributed by atoms with E-state index in [4.69, 9.17) is 0 Å². The molecule has 0 unspecified atom stereocenters. The maximum Gasteiger partial charge on any atom is 0.120 e. The second-order valence-corrected chi connectivity index (χ2v) is 5.36. The zero-order valence-electron chi connectivity index (χ0n) is 9.81. The van der Waals surface area contributed by atoms with Gasteiger partial charge in [-0.25, -0.2) is 0 Å². The summed E-state index contributed by atoms with van der Waals surface area (Å²) in [6.07, 6.45) is 3.59. The van der Waals surface area contributed by atoms with Crippen LogP contribution in [0.2, 0.25) is 0 Å². The fourth-order valence-corrected chi connectivity index (χ4v) is 2.82. The van der Waals surface area contributed by atoms with Crippen molar-refractivity contribution in [1.82, 2.24) is 5.32 Å². The first-order valence-electron chi connectivity index (χ1n) is 5.83. The Morgan fingerprint density at radius 2 is 2.12 bits per heavy atom. The number of hydrogen-bond donors (Lipinski definition) is 2. The van der Waals surface area contributed by atoms with Crippen LogP contribution < -0.4 is 5.32 Å². The summed E-state index contributed by atoms with van der Waals surface area (Å²) < 4.78 is 1.12. The van der Waals surface area contributed by atoms with Crippen molar-refractivity contribution in [2.75, 3.05) is 6.54 Å². The van der Waals surface area contributed by atoms with E-state index in [2.05, 4.69) is 28.2 Å². The Kier molecular flexibility index (Phi) is 3.55. The number of nitrogens with one attached hydrogen (secondary N) is 1. The van der Waals surface area contributed by atoms with Gasteiger partial charge in [0.2, 0.25) is 0 Å². The van der Waals surface area contributed by atoms with Crippen LogP contribution in [-0.4, -0.2) is 11.7 Å². The van der Waals surface area contributed by atoms with Crippen LogP contribution >= 0.6 is 15.9 Å². The van der Waals surface area contributed by atoms with E-state index in [1.54, 1.807) is 0 Å². The van der Waals surface area contributed by atoms with E-state index in [0.29, 0.717) is 11.8 Å². The van der Waals surface area contributed by atoms with Crippen molar-refractivity contribution in [3.05, 3.63) is 27.2 Å². The molecule has 1 fully saturated rings. The molecule has 16 heavy (non-hydrogen) atoms. The molecule has 2 nitrogen and oxygen atoms in total. The van der Waals surface area contributed by atoms with Crippen LogP contribution in [0.4, 0.5) is 0 Å². The Balaban J connectivity index is 2.42. The molecule has 0 radical (unpaired) electrons. The maximum absolute atomic E-state index is 10.1. The largest absolute Gasteiger partial charge is 0.508 e. The van der Waals surface area contributed by atoms with Gasteiger partial charge in [0, 0.05) is 16.1 Å². The van der Waals surface area contributed by atoms with Gasteiger partial charge >= 0.3 is 0 Å². The van der Waals surface area contributed by atoms with E-state index in [0.717, 1.165) is 34.1 Å². The monoisotopic (exact) mass is 283 g/mol. The molecule has 1 aromatic carbocycles. The fourth-order valence-electron chi connectivity index (χ4n) is 2.49. The molecule has 0 saturated carbocycles. The van der Waals surface area contributed by atoms with Gasteiger partial charge in [-0.3, -0.25) is 0 Å². The molecular formula is C13H18BrNO. The summed E-state index contributed by atoms with van der Waals surface area (Å²) in [7, 11) is 0. The van der Waals surface area contributed by atoms with Crippen molar-refractivity contribution in [2.24, 2.45) is 0 Å². The SMILES string of the molecule is Cc1cc(O)c([C@@H]2CCCCN2)c(C)c1Br. The third-order valence-corrected chi connectivity index (χ3v) is 4.59. The Labute approximate surface area is 105 Å². The van der Waals surface area contributed by atoms with Gasteiger partial charge in [-0.1, -0.05) is 22.4 Å². The van der Waals surface area contributed by atoms with E-state index >= 15 is 0 Å². The topological polar surface area (TPSA) is 32.3 Å². The number of hydrogen-bond acceptors (Lipinski definition) is 2. The number of rotatable bonds is 1. The van der Waals surface area contributed by atoms with Gasteiger partial charge in [0.05, 0.1) is 0 Å². The molecule has 0 aliphatic carbocycles. The Bertz CT molecular complexity index is 397. The number of aromatic hydroxyl groups is 1. The fraction of sp³-hybridized carbons (Fsp3) is 0.538. The van der Waals surface area contributed by atoms with Crippen molar-refractivity contribution >= 4 is 15.9 Å². The summed E-state index contributed by atoms with van der Waals surface area (Å²) in [6, 6.07) is 2.16. The molecule has 0 spiro atoms. The van der Waals surface area contributed by atoms with Gasteiger partial charge in [0.25, 0.3) is 0 Å². The van der Waals surface area contributed by atoms with Crippen molar-refractivity contribution in [3.8, 4) is 5.75 Å². The smallest absolute Gasteiger partial charge is 0.120 e. The summed E-state index contributed by atoms with van der Waals surface area (Å²) in [5.41, 5.74) is 3.32. The third-order valence-electron chi connectivity index (χ3n) is 3.37. The molecule has 3 heteroatoms. The number of phenolic OH excluding ortho intramolecular Hbond substituents is 1. The lowest BCUT2D eigenvalue weighted by atomic mass is 9.92. The third kappa shape index (κ3) is 2.11. The average molecular weight is 284 g/mol. The number of halogens is 1. The highest BCUT2D eigenvalue weighted by atomic mass is 79.9. The van der Waals surface area contributed by atoms with Gasteiger partial charge in [-0.05, 0) is 50.4 Å². The predicted molar refractivity (Wildman–Crippen MR) is 69.9 cm³/mol. The van der Waals surface area contributed by atoms with Crippen molar-refractivity contribution in [2.45, 2.75) is 39.2 Å². The van der Waals surface area contributed by atoms with Crippen LogP contribution in [0.3, 0.4) is 0 Å². The van der Waals surface area contributed by atoms with Gasteiger partial charge in [0.1, 0.15) is 5.75 Å². The van der Waals surface area contributed by atoms with Crippen molar-refractivity contribution < 1.29 is 5.11 Å². The highest BCUT2D eigenvalue weighted by Gasteiger charge is 2.21. The maximum atomic E-state index is 10.1. The molecule has 1 aromatic rings. The van der Waals surface area contributed by atoms with Crippen LogP contribution in [0.25, 0.3) is 0 Å². The minimum atomic E-state index is 0.311. The van der Waals surface area contributed by atoms with E-state index in [1.807, 2.05) is 13.0 Å². The van der Waals surface area contributed by atoms with E-state index in [9.17, 15) is 5.11 Å². The molecule has 2 rings (SSSR count). The van der Waals surface area contributed by atoms with Gasteiger partial charge in [0.15, 0.2) is 0 Å². The zero-order chi connectivity index (χ0) is 11.7. The zero-order valence-corrected chi connectivity index (χ0v) is 11.4. The summed E-state index contributed by atoms with van der Waals surface area (Å²) in [6.45, 7) is 5.13. The number of phenols is 1. The van der Waals surface area contributed by atoms with Gasteiger partial charge < -0.3 is 10.4 Å². The van der Waals surface area contributed by atoms with E-state index < -0.39 is 0 Å². The molecule has 1 aliphatic heterocycles. The minimum absolute atomic E-state index is 0.311. The number of aryl methyl sites for hydroxylation is 1. The predicted octanol–water partition coefficient (Wildman–Crippen LogP) is 3.59. The van der Waals surface area contributed by atoms with Crippen LogP contribution in [-0.2, 0) is 0 Å². The van der Waals surface area contributed by atoms with Crippen molar-refractivity contribution in [3.63, 3.8) is 0 Å². The van der Waals surface area contributed by atoms with E-state index in [-0.39, 0.29) is 0 Å². The molecular weight excluding hydrogens is 266 g/mol. The summed E-state index contributed by atoms with van der Waals surface area (Å²) in [5.74, 6) is 0.428. The summed E-state index contributed by atoms with van der Waals surface area (Å²) in [4.78, 5) is 0. The molecule has 1 atom stereocenters. The average Bonchev–Trinajstić information content (AvgIpc) is 2.28. The quantitative estimate of drug-likeness (QED) is 0.826. The molecule has 1 heterocycles. The number of piperidine rings is 1. The summed E-state index contributed by atoms with van der Waals surface area (Å²) in [5, 5.41) is 13.6. The van der Waals surface area contributed by atoms with Crippen LogP contribution in [0.15, 0.2) is 10.5 Å². The second-order valence-electron chi connectivity index (χ2n) is 4.57. The second kappa shape index (κ2) is 4.76. The first kappa shape index (κ1) is 11.9.